The predicted molar refractivity (Wildman–Crippen MR) is 69.9 cm³/mol. The number of nitrogens with one attached hydrogen (secondary N) is 1. The molecule has 1 amide bonds. The summed E-state index contributed by atoms with van der Waals surface area (Å²) >= 11 is 0. The third-order valence-corrected chi connectivity index (χ3v) is 3.12. The summed E-state index contributed by atoms with van der Waals surface area (Å²) in [5, 5.41) is 1.94. The number of aromatic nitrogens is 1. The monoisotopic (exact) mass is 249 g/mol. The number of hydrogen-bond acceptors (Lipinski definition) is 5. The van der Waals surface area contributed by atoms with Gasteiger partial charge in [0.2, 0.25) is 0 Å². The van der Waals surface area contributed by atoms with Gasteiger partial charge in [0.25, 0.3) is 5.91 Å². The molecule has 0 unspecified atom stereocenters. The number of hydrogen-bond donors (Lipinski definition) is 2. The summed E-state index contributed by atoms with van der Waals surface area (Å²) in [6, 6.07) is 1.66. The number of nitrogen functional groups attached to an aromatic ring is 1. The number of amides is 1. The molecule has 0 atom stereocenters. The molecular weight excluding hydrogens is 230 g/mol. The normalized spacial score (nSPS) is 17.7. The number of carbonyl (C=O) groups excluding carboxylic acids is 1. The lowest BCUT2D eigenvalue weighted by molar-refractivity contribution is 0.0661. The molecule has 1 aromatic rings. The molecule has 0 aromatic carbocycles. The number of rotatable bonds is 2. The summed E-state index contributed by atoms with van der Waals surface area (Å²) in [6.07, 6.45) is 1.56. The first kappa shape index (κ1) is 12.8. The molecule has 2 heterocycles. The summed E-state index contributed by atoms with van der Waals surface area (Å²) in [7, 11) is 2.07. The SMILES string of the molecule is Cc1ncc(N)cc1C(=O)NN1CCN(C)CC1. The largest absolute Gasteiger partial charge is 0.397 e. The highest BCUT2D eigenvalue weighted by molar-refractivity contribution is 5.95. The number of nitrogens with two attached hydrogens (primary N) is 1. The first-order valence-corrected chi connectivity index (χ1v) is 6.03. The van der Waals surface area contributed by atoms with E-state index in [1.807, 2.05) is 5.01 Å². The van der Waals surface area contributed by atoms with Crippen molar-refractivity contribution < 1.29 is 4.79 Å². The van der Waals surface area contributed by atoms with Crippen LogP contribution in [0.25, 0.3) is 0 Å². The van der Waals surface area contributed by atoms with Crippen molar-refractivity contribution in [2.75, 3.05) is 39.0 Å². The maximum absolute atomic E-state index is 12.1. The third kappa shape index (κ3) is 2.96. The standard InChI is InChI=1S/C12H19N5O/c1-9-11(7-10(13)8-14-9)12(18)15-17-5-3-16(2)4-6-17/h7-8H,3-6,13H2,1-2H3,(H,15,18). The van der Waals surface area contributed by atoms with Crippen molar-refractivity contribution in [3.63, 3.8) is 0 Å². The third-order valence-electron chi connectivity index (χ3n) is 3.12. The Morgan fingerprint density at radius 2 is 2.06 bits per heavy atom. The Balaban J connectivity index is 2.01. The summed E-state index contributed by atoms with van der Waals surface area (Å²) in [6.45, 7) is 5.37. The van der Waals surface area contributed by atoms with Crippen LogP contribution in [-0.2, 0) is 0 Å². The number of anilines is 1. The zero-order valence-electron chi connectivity index (χ0n) is 10.8. The van der Waals surface area contributed by atoms with Crippen LogP contribution in [-0.4, -0.2) is 54.0 Å². The van der Waals surface area contributed by atoms with Crippen LogP contribution in [0, 0.1) is 6.92 Å². The maximum atomic E-state index is 12.1. The molecule has 18 heavy (non-hydrogen) atoms. The predicted octanol–water partition coefficient (Wildman–Crippen LogP) is -0.136. The summed E-state index contributed by atoms with van der Waals surface area (Å²) < 4.78 is 0. The molecule has 1 aromatic heterocycles. The van der Waals surface area contributed by atoms with Gasteiger partial charge in [-0.2, -0.15) is 0 Å². The minimum Gasteiger partial charge on any atom is -0.397 e. The molecule has 3 N–H and O–H groups in total. The van der Waals surface area contributed by atoms with E-state index in [1.54, 1.807) is 19.2 Å². The van der Waals surface area contributed by atoms with Crippen LogP contribution in [0.2, 0.25) is 0 Å². The van der Waals surface area contributed by atoms with Crippen LogP contribution in [0.4, 0.5) is 5.69 Å². The van der Waals surface area contributed by atoms with Gasteiger partial charge in [0, 0.05) is 26.2 Å². The summed E-state index contributed by atoms with van der Waals surface area (Å²) in [5.74, 6) is -0.142. The molecule has 6 heteroatoms. The van der Waals surface area contributed by atoms with E-state index in [4.69, 9.17) is 5.73 Å². The van der Waals surface area contributed by atoms with E-state index in [-0.39, 0.29) is 5.91 Å². The molecule has 1 saturated heterocycles. The van der Waals surface area contributed by atoms with Gasteiger partial charge in [-0.1, -0.05) is 0 Å². The fourth-order valence-electron chi connectivity index (χ4n) is 1.90. The maximum Gasteiger partial charge on any atom is 0.267 e. The van der Waals surface area contributed by atoms with Crippen molar-refractivity contribution in [2.24, 2.45) is 0 Å². The van der Waals surface area contributed by atoms with E-state index >= 15 is 0 Å². The molecule has 0 bridgehead atoms. The fourth-order valence-corrected chi connectivity index (χ4v) is 1.90. The van der Waals surface area contributed by atoms with Gasteiger partial charge in [-0.15, -0.1) is 0 Å². The molecule has 6 nitrogen and oxygen atoms in total. The fraction of sp³-hybridized carbons (Fsp3) is 0.500. The number of pyridine rings is 1. The lowest BCUT2D eigenvalue weighted by Gasteiger charge is -2.32. The molecular formula is C12H19N5O. The minimum atomic E-state index is -0.142. The second-order valence-electron chi connectivity index (χ2n) is 4.63. The van der Waals surface area contributed by atoms with Crippen LogP contribution in [0.5, 0.6) is 0 Å². The molecule has 1 aliphatic rings. The van der Waals surface area contributed by atoms with Crippen molar-refractivity contribution in [2.45, 2.75) is 6.92 Å². The Labute approximate surface area is 107 Å². The Morgan fingerprint density at radius 1 is 1.39 bits per heavy atom. The second kappa shape index (κ2) is 5.32. The quantitative estimate of drug-likeness (QED) is 0.763. The highest BCUT2D eigenvalue weighted by atomic mass is 16.2. The van der Waals surface area contributed by atoms with E-state index in [9.17, 15) is 4.79 Å². The van der Waals surface area contributed by atoms with Gasteiger partial charge in [-0.25, -0.2) is 5.01 Å². The lowest BCUT2D eigenvalue weighted by Crippen LogP contribution is -2.52. The molecule has 0 aliphatic carbocycles. The zero-order valence-corrected chi connectivity index (χ0v) is 10.8. The number of aryl methyl sites for hydroxylation is 1. The Bertz CT molecular complexity index is 440. The average molecular weight is 249 g/mol. The molecule has 98 valence electrons. The summed E-state index contributed by atoms with van der Waals surface area (Å²) in [5.41, 5.74) is 10.3. The van der Waals surface area contributed by atoms with E-state index in [0.29, 0.717) is 16.9 Å². The number of carbonyl (C=O) groups is 1. The Morgan fingerprint density at radius 3 is 2.72 bits per heavy atom. The van der Waals surface area contributed by atoms with Crippen molar-refractivity contribution >= 4 is 11.6 Å². The van der Waals surface area contributed by atoms with E-state index in [0.717, 1.165) is 26.2 Å². The van der Waals surface area contributed by atoms with Gasteiger partial charge in [0.15, 0.2) is 0 Å². The van der Waals surface area contributed by atoms with Crippen molar-refractivity contribution in [1.82, 2.24) is 20.3 Å². The van der Waals surface area contributed by atoms with E-state index < -0.39 is 0 Å². The number of likely N-dealkylation sites (N-methyl/N-ethyl adjacent to an activating group) is 1. The van der Waals surface area contributed by atoms with Gasteiger partial charge >= 0.3 is 0 Å². The average Bonchev–Trinajstić information content (AvgIpc) is 2.35. The first-order chi connectivity index (χ1) is 8.56. The Kier molecular flexibility index (Phi) is 3.78. The molecule has 0 radical (unpaired) electrons. The number of nitrogens with zero attached hydrogens (tertiary/aromatic N) is 3. The zero-order chi connectivity index (χ0) is 13.1. The van der Waals surface area contributed by atoms with Gasteiger partial charge < -0.3 is 10.6 Å². The summed E-state index contributed by atoms with van der Waals surface area (Å²) in [4.78, 5) is 18.4. The highest BCUT2D eigenvalue weighted by Gasteiger charge is 2.18. The minimum absolute atomic E-state index is 0.142. The molecule has 0 spiro atoms. The lowest BCUT2D eigenvalue weighted by atomic mass is 10.2. The molecule has 2 rings (SSSR count). The number of piperazine rings is 1. The van der Waals surface area contributed by atoms with Crippen molar-refractivity contribution in [3.8, 4) is 0 Å². The van der Waals surface area contributed by atoms with Gasteiger partial charge in [0.05, 0.1) is 23.1 Å². The van der Waals surface area contributed by atoms with Crippen molar-refractivity contribution in [3.05, 3.63) is 23.5 Å². The molecule has 0 saturated carbocycles. The van der Waals surface area contributed by atoms with Crippen LogP contribution < -0.4 is 11.2 Å². The van der Waals surface area contributed by atoms with E-state index in [2.05, 4.69) is 22.4 Å². The van der Waals surface area contributed by atoms with Crippen LogP contribution in [0.3, 0.4) is 0 Å². The smallest absolute Gasteiger partial charge is 0.267 e. The molecule has 1 aliphatic heterocycles. The Hall–Kier alpha value is -1.66. The van der Waals surface area contributed by atoms with Gasteiger partial charge in [-0.3, -0.25) is 15.2 Å². The first-order valence-electron chi connectivity index (χ1n) is 6.03. The second-order valence-corrected chi connectivity index (χ2v) is 4.63. The number of hydrazine groups is 1. The molecule has 1 fully saturated rings. The van der Waals surface area contributed by atoms with Crippen LogP contribution >= 0.6 is 0 Å². The van der Waals surface area contributed by atoms with Crippen LogP contribution in [0.15, 0.2) is 12.3 Å². The van der Waals surface area contributed by atoms with Crippen LogP contribution in [0.1, 0.15) is 16.1 Å². The van der Waals surface area contributed by atoms with Gasteiger partial charge in [0.1, 0.15) is 0 Å². The van der Waals surface area contributed by atoms with Crippen molar-refractivity contribution in [1.29, 1.82) is 0 Å². The van der Waals surface area contributed by atoms with E-state index in [1.165, 1.54) is 0 Å². The topological polar surface area (TPSA) is 74.5 Å². The van der Waals surface area contributed by atoms with Gasteiger partial charge in [-0.05, 0) is 20.0 Å². The highest BCUT2D eigenvalue weighted by Crippen LogP contribution is 2.09.